The standard InChI is InChI=1S/C55H102N4O3/c1-7-13-16-19-24-31-39-50(10-4)61-51(11-5)40-32-27-22-29-36-47-59(49-38-45-56-55-57-46-44-54(60)58-55)48-37-30-23-28-33-41-52(12-6)62-53(42-34-25-20-17-14-8-2)43-35-26-21-18-15-9-3/h11,44,46,50,53H,6-10,13-43,45,47-49H2,1-5H3,(H2,56,57,58,60)/b51-11+. The van der Waals surface area contributed by atoms with Gasteiger partial charge in [-0.1, -0.05) is 175 Å². The van der Waals surface area contributed by atoms with E-state index in [1.807, 2.05) is 0 Å². The van der Waals surface area contributed by atoms with Crippen LogP contribution in [-0.4, -0.2) is 53.3 Å². The third-order valence-corrected chi connectivity index (χ3v) is 12.6. The summed E-state index contributed by atoms with van der Waals surface area (Å²) in [5, 5.41) is 3.30. The number of allylic oxidation sites excluding steroid dienone is 3. The molecule has 2 N–H and O–H groups in total. The highest BCUT2D eigenvalue weighted by Crippen LogP contribution is 2.23. The van der Waals surface area contributed by atoms with Gasteiger partial charge in [-0.05, 0) is 110 Å². The predicted octanol–water partition coefficient (Wildman–Crippen LogP) is 16.6. The first-order valence-corrected chi connectivity index (χ1v) is 26.9. The van der Waals surface area contributed by atoms with Crippen molar-refractivity contribution in [2.24, 2.45) is 0 Å². The number of hydrogen-bond acceptors (Lipinski definition) is 6. The van der Waals surface area contributed by atoms with Gasteiger partial charge in [0.1, 0.15) is 5.76 Å². The molecular weight excluding hydrogens is 765 g/mol. The Bertz CT molecular complexity index is 1240. The SMILES string of the molecule is C=C=C(CCCCCCCN(CCCCCCC/C(=C\C)OC(CC)CCCCCCCC)CCCNc1nccc(=O)[nH]1)OC(CCCCCCCC)CCCCCCCC. The fourth-order valence-corrected chi connectivity index (χ4v) is 8.56. The summed E-state index contributed by atoms with van der Waals surface area (Å²) in [5.41, 5.74) is 3.07. The van der Waals surface area contributed by atoms with Gasteiger partial charge in [0.25, 0.3) is 5.56 Å². The van der Waals surface area contributed by atoms with Crippen LogP contribution in [0.2, 0.25) is 0 Å². The van der Waals surface area contributed by atoms with E-state index in [2.05, 4.69) is 73.2 Å². The first-order chi connectivity index (χ1) is 30.5. The lowest BCUT2D eigenvalue weighted by atomic mass is 10.0. The van der Waals surface area contributed by atoms with Crippen LogP contribution in [0.4, 0.5) is 5.95 Å². The summed E-state index contributed by atoms with van der Waals surface area (Å²) in [7, 11) is 0. The molecule has 0 aliphatic heterocycles. The van der Waals surface area contributed by atoms with E-state index < -0.39 is 0 Å². The normalized spacial score (nSPS) is 12.3. The van der Waals surface area contributed by atoms with E-state index in [4.69, 9.17) is 9.47 Å². The Morgan fingerprint density at radius 3 is 1.61 bits per heavy atom. The van der Waals surface area contributed by atoms with Gasteiger partial charge in [-0.25, -0.2) is 4.98 Å². The summed E-state index contributed by atoms with van der Waals surface area (Å²) in [6, 6.07) is 1.45. The summed E-state index contributed by atoms with van der Waals surface area (Å²) in [5.74, 6) is 2.76. The van der Waals surface area contributed by atoms with E-state index in [1.165, 1.54) is 204 Å². The average Bonchev–Trinajstić information content (AvgIpc) is 3.28. The maximum Gasteiger partial charge on any atom is 0.252 e. The minimum Gasteiger partial charge on any atom is -0.495 e. The van der Waals surface area contributed by atoms with Crippen molar-refractivity contribution in [3.8, 4) is 0 Å². The number of aromatic nitrogens is 2. The fourth-order valence-electron chi connectivity index (χ4n) is 8.56. The number of rotatable bonds is 47. The van der Waals surface area contributed by atoms with Gasteiger partial charge in [-0.2, -0.15) is 0 Å². The maximum atomic E-state index is 11.7. The van der Waals surface area contributed by atoms with E-state index in [0.717, 1.165) is 64.0 Å². The topological polar surface area (TPSA) is 79.5 Å². The first-order valence-electron chi connectivity index (χ1n) is 26.9. The van der Waals surface area contributed by atoms with Crippen molar-refractivity contribution in [3.05, 3.63) is 52.5 Å². The Morgan fingerprint density at radius 2 is 1.11 bits per heavy atom. The molecule has 0 radical (unpaired) electrons. The van der Waals surface area contributed by atoms with Gasteiger partial charge < -0.3 is 19.7 Å². The number of aromatic amines is 1. The van der Waals surface area contributed by atoms with Crippen LogP contribution in [0, 0.1) is 0 Å². The summed E-state index contributed by atoms with van der Waals surface area (Å²) >= 11 is 0. The number of unbranched alkanes of at least 4 members (excludes halogenated alkanes) is 23. The van der Waals surface area contributed by atoms with Gasteiger partial charge in [0.05, 0.1) is 18.0 Å². The van der Waals surface area contributed by atoms with Crippen LogP contribution in [0.25, 0.3) is 0 Å². The molecule has 0 bridgehead atoms. The van der Waals surface area contributed by atoms with Crippen molar-refractivity contribution in [2.45, 2.75) is 272 Å². The van der Waals surface area contributed by atoms with Gasteiger partial charge in [-0.15, -0.1) is 0 Å². The highest BCUT2D eigenvalue weighted by Gasteiger charge is 2.13. The summed E-state index contributed by atoms with van der Waals surface area (Å²) in [4.78, 5) is 21.4. The van der Waals surface area contributed by atoms with E-state index >= 15 is 0 Å². The minimum atomic E-state index is -0.118. The molecule has 0 aliphatic rings. The molecule has 62 heavy (non-hydrogen) atoms. The highest BCUT2D eigenvalue weighted by molar-refractivity contribution is 5.21. The molecule has 0 fully saturated rings. The lowest BCUT2D eigenvalue weighted by molar-refractivity contribution is 0.0890. The molecule has 0 amide bonds. The Morgan fingerprint density at radius 1 is 0.645 bits per heavy atom. The van der Waals surface area contributed by atoms with E-state index in [-0.39, 0.29) is 5.56 Å². The zero-order chi connectivity index (χ0) is 45.0. The molecule has 0 saturated carbocycles. The lowest BCUT2D eigenvalue weighted by Crippen LogP contribution is -2.28. The van der Waals surface area contributed by atoms with Crippen LogP contribution < -0.4 is 10.9 Å². The molecular formula is C55H102N4O3. The molecule has 360 valence electrons. The molecule has 1 unspecified atom stereocenters. The van der Waals surface area contributed by atoms with Crippen LogP contribution in [0.15, 0.2) is 47.0 Å². The highest BCUT2D eigenvalue weighted by atomic mass is 16.5. The summed E-state index contributed by atoms with van der Waals surface area (Å²) in [6.45, 7) is 19.5. The first kappa shape index (κ1) is 57.5. The molecule has 0 spiro atoms. The van der Waals surface area contributed by atoms with E-state index in [0.29, 0.717) is 18.2 Å². The molecule has 1 atom stereocenters. The second kappa shape index (κ2) is 43.7. The van der Waals surface area contributed by atoms with Crippen LogP contribution >= 0.6 is 0 Å². The van der Waals surface area contributed by atoms with Gasteiger partial charge in [0, 0.05) is 31.6 Å². The fraction of sp³-hybridized carbons (Fsp3) is 0.836. The smallest absolute Gasteiger partial charge is 0.252 e. The lowest BCUT2D eigenvalue weighted by Gasteiger charge is -2.22. The Balaban J connectivity index is 2.46. The van der Waals surface area contributed by atoms with Gasteiger partial charge in [0.15, 0.2) is 0 Å². The molecule has 0 aromatic carbocycles. The number of anilines is 1. The largest absolute Gasteiger partial charge is 0.495 e. The van der Waals surface area contributed by atoms with Crippen molar-refractivity contribution >= 4 is 5.95 Å². The molecule has 7 heteroatoms. The van der Waals surface area contributed by atoms with Crippen molar-refractivity contribution in [1.29, 1.82) is 0 Å². The van der Waals surface area contributed by atoms with Crippen molar-refractivity contribution in [2.75, 3.05) is 31.5 Å². The van der Waals surface area contributed by atoms with Crippen LogP contribution in [0.1, 0.15) is 259 Å². The minimum absolute atomic E-state index is 0.118. The molecule has 1 rings (SSSR count). The third kappa shape index (κ3) is 34.9. The average molecular weight is 867 g/mol. The molecule has 1 heterocycles. The van der Waals surface area contributed by atoms with E-state index in [9.17, 15) is 4.79 Å². The zero-order valence-electron chi connectivity index (χ0n) is 41.8. The number of hydrogen-bond donors (Lipinski definition) is 2. The third-order valence-electron chi connectivity index (χ3n) is 12.6. The Kier molecular flexibility index (Phi) is 40.6. The maximum absolute atomic E-state index is 11.7. The van der Waals surface area contributed by atoms with Crippen molar-refractivity contribution < 1.29 is 9.47 Å². The van der Waals surface area contributed by atoms with Crippen molar-refractivity contribution in [3.63, 3.8) is 0 Å². The quantitative estimate of drug-likeness (QED) is 0.0386. The van der Waals surface area contributed by atoms with E-state index in [1.54, 1.807) is 6.20 Å². The number of ether oxygens (including phenoxy) is 2. The monoisotopic (exact) mass is 867 g/mol. The van der Waals surface area contributed by atoms with Crippen LogP contribution in [0.3, 0.4) is 0 Å². The van der Waals surface area contributed by atoms with Crippen LogP contribution in [0.5, 0.6) is 0 Å². The molecule has 1 aromatic rings. The zero-order valence-corrected chi connectivity index (χ0v) is 41.8. The van der Waals surface area contributed by atoms with Crippen LogP contribution in [-0.2, 0) is 9.47 Å². The number of H-pyrrole nitrogens is 1. The Labute approximate surface area is 384 Å². The second-order valence-electron chi connectivity index (χ2n) is 18.4. The predicted molar refractivity (Wildman–Crippen MR) is 270 cm³/mol. The summed E-state index contributed by atoms with van der Waals surface area (Å²) in [6.07, 6.45) is 48.8. The van der Waals surface area contributed by atoms with Crippen molar-refractivity contribution in [1.82, 2.24) is 14.9 Å². The molecule has 0 saturated heterocycles. The van der Waals surface area contributed by atoms with Gasteiger partial charge >= 0.3 is 0 Å². The second-order valence-corrected chi connectivity index (χ2v) is 18.4. The van der Waals surface area contributed by atoms with Gasteiger partial charge in [0.2, 0.25) is 5.95 Å². The number of nitrogens with one attached hydrogen (secondary N) is 2. The summed E-state index contributed by atoms with van der Waals surface area (Å²) < 4.78 is 13.1. The molecule has 1 aromatic heterocycles. The Hall–Kier alpha value is -2.50. The molecule has 0 aliphatic carbocycles. The number of nitrogens with zero attached hydrogens (tertiary/aromatic N) is 2. The van der Waals surface area contributed by atoms with Gasteiger partial charge in [-0.3, -0.25) is 9.78 Å². The molecule has 7 nitrogen and oxygen atoms in total.